The molecule has 0 bridgehead atoms. The largest absolute Gasteiger partial charge is 0.501 e. The number of rotatable bonds is 4. The molecule has 0 spiro atoms. The standard InChI is InChI=1S/C16H16F3N5O4S/c17-16(18,19)29(27,28)12-3-4-13(14(11-12)24(25)26)22-7-2-8-23(10-9-22)15-20-5-1-6-21-15/h1,3-6,11H,2,7-10H2. The van der Waals surface area contributed by atoms with E-state index in [1.807, 2.05) is 4.90 Å². The number of hydrogen-bond acceptors (Lipinski definition) is 8. The first kappa shape index (κ1) is 20.8. The smallest absolute Gasteiger partial charge is 0.364 e. The first-order valence-electron chi connectivity index (χ1n) is 8.48. The van der Waals surface area contributed by atoms with Crippen LogP contribution in [0.5, 0.6) is 0 Å². The second-order valence-electron chi connectivity index (χ2n) is 6.23. The van der Waals surface area contributed by atoms with Gasteiger partial charge in [0.2, 0.25) is 5.95 Å². The van der Waals surface area contributed by atoms with Crippen molar-refractivity contribution in [2.75, 3.05) is 36.0 Å². The lowest BCUT2D eigenvalue weighted by Crippen LogP contribution is -2.32. The number of alkyl halides is 3. The molecule has 2 heterocycles. The molecule has 1 fully saturated rings. The van der Waals surface area contributed by atoms with Gasteiger partial charge in [-0.2, -0.15) is 13.2 Å². The van der Waals surface area contributed by atoms with E-state index in [0.717, 1.165) is 12.1 Å². The van der Waals surface area contributed by atoms with Crippen LogP contribution in [0.1, 0.15) is 6.42 Å². The van der Waals surface area contributed by atoms with Crippen LogP contribution in [-0.4, -0.2) is 55.0 Å². The number of hydrogen-bond donors (Lipinski definition) is 0. The minimum Gasteiger partial charge on any atom is -0.364 e. The highest BCUT2D eigenvalue weighted by molar-refractivity contribution is 7.92. The predicted octanol–water partition coefficient (Wildman–Crippen LogP) is 2.40. The third-order valence-corrected chi connectivity index (χ3v) is 5.91. The van der Waals surface area contributed by atoms with Crippen LogP contribution in [0.2, 0.25) is 0 Å². The van der Waals surface area contributed by atoms with Crippen LogP contribution in [0.15, 0.2) is 41.6 Å². The lowest BCUT2D eigenvalue weighted by Gasteiger charge is -2.23. The molecule has 156 valence electrons. The van der Waals surface area contributed by atoms with Gasteiger partial charge in [0.1, 0.15) is 5.69 Å². The highest BCUT2D eigenvalue weighted by atomic mass is 32.2. The van der Waals surface area contributed by atoms with Crippen LogP contribution in [0.3, 0.4) is 0 Å². The van der Waals surface area contributed by atoms with E-state index in [4.69, 9.17) is 0 Å². The zero-order valence-electron chi connectivity index (χ0n) is 14.9. The number of nitro benzene ring substituents is 1. The van der Waals surface area contributed by atoms with Gasteiger partial charge in [0.15, 0.2) is 0 Å². The predicted molar refractivity (Wildman–Crippen MR) is 97.4 cm³/mol. The summed E-state index contributed by atoms with van der Waals surface area (Å²) in [5.41, 5.74) is -6.17. The fourth-order valence-corrected chi connectivity index (χ4v) is 3.81. The molecule has 0 saturated carbocycles. The molecule has 2 aromatic rings. The van der Waals surface area contributed by atoms with Gasteiger partial charge < -0.3 is 9.80 Å². The van der Waals surface area contributed by atoms with Crippen LogP contribution in [-0.2, 0) is 9.84 Å². The van der Waals surface area contributed by atoms with Gasteiger partial charge in [0, 0.05) is 44.6 Å². The van der Waals surface area contributed by atoms with Gasteiger partial charge >= 0.3 is 5.51 Å². The summed E-state index contributed by atoms with van der Waals surface area (Å²) in [5, 5.41) is 11.4. The molecular formula is C16H16F3N5O4S. The summed E-state index contributed by atoms with van der Waals surface area (Å²) in [6, 6.07) is 3.92. The fourth-order valence-electron chi connectivity index (χ4n) is 3.03. The van der Waals surface area contributed by atoms with Crippen molar-refractivity contribution in [3.05, 3.63) is 46.8 Å². The average molecular weight is 431 g/mol. The highest BCUT2D eigenvalue weighted by Gasteiger charge is 2.47. The molecule has 0 amide bonds. The van der Waals surface area contributed by atoms with Crippen LogP contribution in [0.4, 0.5) is 30.5 Å². The van der Waals surface area contributed by atoms with Crippen molar-refractivity contribution in [1.82, 2.24) is 9.97 Å². The van der Waals surface area contributed by atoms with Crippen LogP contribution in [0, 0.1) is 10.1 Å². The monoisotopic (exact) mass is 431 g/mol. The van der Waals surface area contributed by atoms with E-state index in [1.54, 1.807) is 23.4 Å². The number of anilines is 2. The summed E-state index contributed by atoms with van der Waals surface area (Å²) >= 11 is 0. The zero-order chi connectivity index (χ0) is 21.2. The summed E-state index contributed by atoms with van der Waals surface area (Å²) in [7, 11) is -5.68. The Morgan fingerprint density at radius 2 is 1.66 bits per heavy atom. The quantitative estimate of drug-likeness (QED) is 0.536. The molecule has 0 unspecified atom stereocenters. The van der Waals surface area contributed by atoms with E-state index in [1.165, 1.54) is 0 Å². The Hall–Kier alpha value is -2.96. The van der Waals surface area contributed by atoms with Gasteiger partial charge in [0.25, 0.3) is 15.5 Å². The minimum absolute atomic E-state index is 0.0620. The van der Waals surface area contributed by atoms with Crippen LogP contribution in [0.25, 0.3) is 0 Å². The van der Waals surface area contributed by atoms with Gasteiger partial charge in [-0.05, 0) is 24.6 Å². The van der Waals surface area contributed by atoms with Crippen molar-refractivity contribution in [1.29, 1.82) is 0 Å². The van der Waals surface area contributed by atoms with Crippen LogP contribution >= 0.6 is 0 Å². The van der Waals surface area contributed by atoms with E-state index >= 15 is 0 Å². The Bertz CT molecular complexity index is 1000. The second kappa shape index (κ2) is 7.81. The van der Waals surface area contributed by atoms with Crippen molar-refractivity contribution < 1.29 is 26.5 Å². The van der Waals surface area contributed by atoms with Crippen molar-refractivity contribution in [2.45, 2.75) is 16.8 Å². The lowest BCUT2D eigenvalue weighted by atomic mass is 10.2. The van der Waals surface area contributed by atoms with E-state index in [-0.39, 0.29) is 5.69 Å². The molecule has 0 radical (unpaired) electrons. The third kappa shape index (κ3) is 4.23. The van der Waals surface area contributed by atoms with Crippen LogP contribution < -0.4 is 9.80 Å². The number of halogens is 3. The summed E-state index contributed by atoms with van der Waals surface area (Å²) in [6.07, 6.45) is 3.78. The molecule has 1 aliphatic heterocycles. The Labute approximate surface area is 163 Å². The van der Waals surface area contributed by atoms with E-state index in [2.05, 4.69) is 9.97 Å². The van der Waals surface area contributed by atoms with Gasteiger partial charge in [0.05, 0.1) is 9.82 Å². The summed E-state index contributed by atoms with van der Waals surface area (Å²) in [6.45, 7) is 1.75. The number of sulfone groups is 1. The van der Waals surface area contributed by atoms with Crippen molar-refractivity contribution in [3.63, 3.8) is 0 Å². The molecule has 13 heteroatoms. The molecule has 0 aliphatic carbocycles. The maximum absolute atomic E-state index is 12.8. The molecule has 29 heavy (non-hydrogen) atoms. The molecule has 1 aromatic heterocycles. The second-order valence-corrected chi connectivity index (χ2v) is 8.17. The zero-order valence-corrected chi connectivity index (χ0v) is 15.7. The number of nitro groups is 1. The maximum atomic E-state index is 12.8. The Morgan fingerprint density at radius 3 is 2.28 bits per heavy atom. The van der Waals surface area contributed by atoms with E-state index < -0.39 is 30.9 Å². The first-order valence-corrected chi connectivity index (χ1v) is 9.96. The van der Waals surface area contributed by atoms with Crippen molar-refractivity contribution >= 4 is 27.2 Å². The summed E-state index contributed by atoms with van der Waals surface area (Å²) < 4.78 is 61.5. The summed E-state index contributed by atoms with van der Waals surface area (Å²) in [4.78, 5) is 21.3. The van der Waals surface area contributed by atoms with Crippen molar-refractivity contribution in [2.24, 2.45) is 0 Å². The van der Waals surface area contributed by atoms with Gasteiger partial charge in [-0.1, -0.05) is 0 Å². The average Bonchev–Trinajstić information content (AvgIpc) is 2.93. The van der Waals surface area contributed by atoms with Gasteiger partial charge in [-0.15, -0.1) is 0 Å². The molecule has 1 aromatic carbocycles. The van der Waals surface area contributed by atoms with E-state index in [9.17, 15) is 31.7 Å². The Morgan fingerprint density at radius 1 is 1.03 bits per heavy atom. The maximum Gasteiger partial charge on any atom is 0.501 e. The lowest BCUT2D eigenvalue weighted by molar-refractivity contribution is -0.384. The normalized spacial score (nSPS) is 15.8. The first-order chi connectivity index (χ1) is 13.6. The number of benzene rings is 1. The Balaban J connectivity index is 1.90. The molecule has 0 N–H and O–H groups in total. The number of nitrogens with zero attached hydrogens (tertiary/aromatic N) is 5. The summed E-state index contributed by atoms with van der Waals surface area (Å²) in [5.74, 6) is 0.510. The third-order valence-electron chi connectivity index (χ3n) is 4.43. The van der Waals surface area contributed by atoms with Crippen molar-refractivity contribution in [3.8, 4) is 0 Å². The minimum atomic E-state index is -5.68. The Kier molecular flexibility index (Phi) is 5.59. The molecule has 3 rings (SSSR count). The molecule has 1 aliphatic rings. The highest BCUT2D eigenvalue weighted by Crippen LogP contribution is 2.36. The molecule has 9 nitrogen and oxygen atoms in total. The fraction of sp³-hybridized carbons (Fsp3) is 0.375. The SMILES string of the molecule is O=[N+]([O-])c1cc(S(=O)(=O)C(F)(F)F)ccc1N1CCCN(c2ncccn2)CC1. The van der Waals surface area contributed by atoms with Gasteiger partial charge in [-0.3, -0.25) is 10.1 Å². The molecule has 1 saturated heterocycles. The number of aromatic nitrogens is 2. The van der Waals surface area contributed by atoms with E-state index in [0.29, 0.717) is 44.6 Å². The molecular weight excluding hydrogens is 415 g/mol. The molecule has 0 atom stereocenters. The van der Waals surface area contributed by atoms with Gasteiger partial charge in [-0.25, -0.2) is 18.4 Å². The topological polar surface area (TPSA) is 110 Å².